The number of benzene rings is 1. The molecule has 1 aromatic rings. The van der Waals surface area contributed by atoms with Gasteiger partial charge in [-0.3, -0.25) is 0 Å². The first-order chi connectivity index (χ1) is 7.47. The minimum absolute atomic E-state index is 0.634. The molecule has 0 saturated carbocycles. The summed E-state index contributed by atoms with van der Waals surface area (Å²) in [7, 11) is 0. The van der Waals surface area contributed by atoms with Gasteiger partial charge in [0, 0.05) is 0 Å². The molecule has 16 heavy (non-hydrogen) atoms. The van der Waals surface area contributed by atoms with E-state index in [0.717, 1.165) is 6.07 Å². The molecule has 0 aliphatic rings. The lowest BCUT2D eigenvalue weighted by atomic mass is 10.2. The lowest BCUT2D eigenvalue weighted by Crippen LogP contribution is -2.15. The Morgan fingerprint density at radius 2 is 2.00 bits per heavy atom. The second-order valence-electron chi connectivity index (χ2n) is 2.94. The Bertz CT molecular complexity index is 463. The average molecular weight is 228 g/mol. The van der Waals surface area contributed by atoms with Crippen LogP contribution in [0.2, 0.25) is 0 Å². The highest BCUT2D eigenvalue weighted by Crippen LogP contribution is 2.16. The van der Waals surface area contributed by atoms with Crippen LogP contribution >= 0.6 is 0 Å². The lowest BCUT2D eigenvalue weighted by Gasteiger charge is -2.08. The van der Waals surface area contributed by atoms with E-state index in [1.165, 1.54) is 6.92 Å². The summed E-state index contributed by atoms with van der Waals surface area (Å²) < 4.78 is 43.0. The third-order valence-corrected chi connectivity index (χ3v) is 1.77. The zero-order valence-electron chi connectivity index (χ0n) is 8.26. The number of ether oxygens (including phenoxy) is 1. The molecule has 1 rings (SSSR count). The summed E-state index contributed by atoms with van der Waals surface area (Å²) in [4.78, 5) is 11.3. The molecule has 2 nitrogen and oxygen atoms in total. The van der Waals surface area contributed by atoms with Crippen molar-refractivity contribution in [1.82, 2.24) is 0 Å². The van der Waals surface area contributed by atoms with Crippen molar-refractivity contribution in [2.45, 2.75) is 13.0 Å². The molecule has 84 valence electrons. The van der Waals surface area contributed by atoms with Gasteiger partial charge in [0.15, 0.2) is 23.6 Å². The first kappa shape index (κ1) is 12.1. The maximum Gasteiger partial charge on any atom is 0.342 e. The van der Waals surface area contributed by atoms with Gasteiger partial charge in [0.2, 0.25) is 0 Å². The SMILES string of the molecule is C#CC(C)OC(=O)c1ccc(F)c(F)c1F. The Labute approximate surface area is 90.0 Å². The highest BCUT2D eigenvalue weighted by molar-refractivity contribution is 5.89. The summed E-state index contributed by atoms with van der Waals surface area (Å²) in [5, 5.41) is 0. The van der Waals surface area contributed by atoms with Crippen LogP contribution in [0.4, 0.5) is 13.2 Å². The van der Waals surface area contributed by atoms with Crippen molar-refractivity contribution < 1.29 is 22.7 Å². The maximum absolute atomic E-state index is 13.1. The first-order valence-electron chi connectivity index (χ1n) is 4.28. The van der Waals surface area contributed by atoms with Gasteiger partial charge in [0.05, 0.1) is 5.56 Å². The lowest BCUT2D eigenvalue weighted by molar-refractivity contribution is 0.0432. The van der Waals surface area contributed by atoms with Crippen molar-refractivity contribution in [3.05, 3.63) is 35.1 Å². The van der Waals surface area contributed by atoms with Gasteiger partial charge in [-0.15, -0.1) is 6.42 Å². The van der Waals surface area contributed by atoms with Crippen LogP contribution in [0.3, 0.4) is 0 Å². The van der Waals surface area contributed by atoms with Gasteiger partial charge in [0.1, 0.15) is 0 Å². The molecular weight excluding hydrogens is 221 g/mol. The Balaban J connectivity index is 3.02. The number of carbonyl (C=O) groups is 1. The molecule has 0 fully saturated rings. The zero-order valence-corrected chi connectivity index (χ0v) is 8.26. The van der Waals surface area contributed by atoms with Crippen LogP contribution in [0.1, 0.15) is 17.3 Å². The third kappa shape index (κ3) is 2.34. The van der Waals surface area contributed by atoms with Gasteiger partial charge in [-0.1, -0.05) is 5.92 Å². The van der Waals surface area contributed by atoms with Crippen molar-refractivity contribution in [3.63, 3.8) is 0 Å². The molecule has 5 heteroatoms. The summed E-state index contributed by atoms with van der Waals surface area (Å²) in [5.41, 5.74) is -0.694. The molecule has 1 atom stereocenters. The van der Waals surface area contributed by atoms with Crippen molar-refractivity contribution in [2.75, 3.05) is 0 Å². The summed E-state index contributed by atoms with van der Waals surface area (Å²) in [6.07, 6.45) is 4.06. The van der Waals surface area contributed by atoms with Crippen molar-refractivity contribution in [1.29, 1.82) is 0 Å². The molecule has 0 heterocycles. The summed E-state index contributed by atoms with van der Waals surface area (Å²) >= 11 is 0. The molecule has 1 aromatic carbocycles. The number of hydrogen-bond donors (Lipinski definition) is 0. The van der Waals surface area contributed by atoms with Crippen molar-refractivity contribution >= 4 is 5.97 Å². The second kappa shape index (κ2) is 4.71. The number of esters is 1. The Hall–Kier alpha value is -1.96. The molecule has 0 amide bonds. The highest BCUT2D eigenvalue weighted by Gasteiger charge is 2.20. The number of carbonyl (C=O) groups excluding carboxylic acids is 1. The van der Waals surface area contributed by atoms with E-state index >= 15 is 0 Å². The predicted octanol–water partition coefficient (Wildman–Crippen LogP) is 2.28. The maximum atomic E-state index is 13.1. The normalized spacial score (nSPS) is 11.7. The van der Waals surface area contributed by atoms with E-state index in [4.69, 9.17) is 6.42 Å². The van der Waals surface area contributed by atoms with Gasteiger partial charge in [-0.25, -0.2) is 18.0 Å². The molecule has 0 aromatic heterocycles. The van der Waals surface area contributed by atoms with E-state index in [1.54, 1.807) is 0 Å². The fraction of sp³-hybridized carbons (Fsp3) is 0.182. The number of terminal acetylenes is 1. The van der Waals surface area contributed by atoms with Gasteiger partial charge in [-0.2, -0.15) is 0 Å². The van der Waals surface area contributed by atoms with Crippen molar-refractivity contribution in [2.24, 2.45) is 0 Å². The number of hydrogen-bond acceptors (Lipinski definition) is 2. The monoisotopic (exact) mass is 228 g/mol. The van der Waals surface area contributed by atoms with E-state index in [2.05, 4.69) is 10.7 Å². The molecule has 0 aliphatic heterocycles. The number of halogens is 3. The van der Waals surface area contributed by atoms with Gasteiger partial charge in [-0.05, 0) is 19.1 Å². The summed E-state index contributed by atoms with van der Waals surface area (Å²) in [6, 6.07) is 1.43. The Morgan fingerprint density at radius 3 is 2.56 bits per heavy atom. The first-order valence-corrected chi connectivity index (χ1v) is 4.28. The van der Waals surface area contributed by atoms with Crippen LogP contribution in [0.15, 0.2) is 12.1 Å². The van der Waals surface area contributed by atoms with Gasteiger partial charge < -0.3 is 4.74 Å². The minimum atomic E-state index is -1.72. The largest absolute Gasteiger partial charge is 0.446 e. The minimum Gasteiger partial charge on any atom is -0.446 e. The average Bonchev–Trinajstić information content (AvgIpc) is 2.25. The molecule has 0 bridgehead atoms. The molecule has 0 radical (unpaired) electrons. The summed E-state index contributed by atoms with van der Waals surface area (Å²) in [5.74, 6) is -3.74. The molecule has 0 spiro atoms. The van der Waals surface area contributed by atoms with E-state index < -0.39 is 35.1 Å². The smallest absolute Gasteiger partial charge is 0.342 e. The van der Waals surface area contributed by atoms with E-state index in [0.29, 0.717) is 6.07 Å². The van der Waals surface area contributed by atoms with Gasteiger partial charge in [0.25, 0.3) is 0 Å². The highest BCUT2D eigenvalue weighted by atomic mass is 19.2. The Kier molecular flexibility index (Phi) is 3.56. The van der Waals surface area contributed by atoms with E-state index in [9.17, 15) is 18.0 Å². The Morgan fingerprint density at radius 1 is 1.38 bits per heavy atom. The molecule has 0 saturated heterocycles. The molecule has 1 unspecified atom stereocenters. The second-order valence-corrected chi connectivity index (χ2v) is 2.94. The predicted molar refractivity (Wildman–Crippen MR) is 50.0 cm³/mol. The fourth-order valence-corrected chi connectivity index (χ4v) is 0.942. The number of rotatable bonds is 2. The van der Waals surface area contributed by atoms with Crippen LogP contribution in [-0.2, 0) is 4.74 Å². The fourth-order valence-electron chi connectivity index (χ4n) is 0.942. The topological polar surface area (TPSA) is 26.3 Å². The van der Waals surface area contributed by atoms with Gasteiger partial charge >= 0.3 is 5.97 Å². The van der Waals surface area contributed by atoms with Crippen LogP contribution in [-0.4, -0.2) is 12.1 Å². The van der Waals surface area contributed by atoms with E-state index in [-0.39, 0.29) is 0 Å². The molecule has 0 aliphatic carbocycles. The van der Waals surface area contributed by atoms with Crippen LogP contribution in [0, 0.1) is 29.8 Å². The zero-order chi connectivity index (χ0) is 12.3. The van der Waals surface area contributed by atoms with Crippen LogP contribution in [0.5, 0.6) is 0 Å². The van der Waals surface area contributed by atoms with E-state index in [1.807, 2.05) is 0 Å². The standard InChI is InChI=1S/C11H7F3O2/c1-3-6(2)16-11(15)7-4-5-8(12)10(14)9(7)13/h1,4-6H,2H3. The third-order valence-electron chi connectivity index (χ3n) is 1.77. The molecular formula is C11H7F3O2. The quantitative estimate of drug-likeness (QED) is 0.441. The molecule has 0 N–H and O–H groups in total. The van der Waals surface area contributed by atoms with Crippen LogP contribution < -0.4 is 0 Å². The van der Waals surface area contributed by atoms with Crippen molar-refractivity contribution in [3.8, 4) is 12.3 Å². The summed E-state index contributed by atoms with van der Waals surface area (Å²) in [6.45, 7) is 1.38. The van der Waals surface area contributed by atoms with Crippen LogP contribution in [0.25, 0.3) is 0 Å².